The molecule has 0 radical (unpaired) electrons. The van der Waals surface area contributed by atoms with Crippen molar-refractivity contribution in [2.24, 2.45) is 5.92 Å². The van der Waals surface area contributed by atoms with E-state index in [1.54, 1.807) is 6.07 Å². The molecule has 1 aliphatic rings. The first-order chi connectivity index (χ1) is 9.24. The van der Waals surface area contributed by atoms with Gasteiger partial charge in [-0.2, -0.15) is 0 Å². The van der Waals surface area contributed by atoms with Crippen LogP contribution >= 0.6 is 15.9 Å². The Kier molecular flexibility index (Phi) is 5.79. The topological polar surface area (TPSA) is 21.3 Å². The van der Waals surface area contributed by atoms with Crippen molar-refractivity contribution in [3.63, 3.8) is 0 Å². The fourth-order valence-electron chi connectivity index (χ4n) is 2.64. The maximum Gasteiger partial charge on any atom is 0.142 e. The molecule has 0 bridgehead atoms. The lowest BCUT2D eigenvalue weighted by molar-refractivity contribution is 0.0531. The summed E-state index contributed by atoms with van der Waals surface area (Å²) in [5.41, 5.74) is 0.773. The first-order valence-corrected chi connectivity index (χ1v) is 7.78. The highest BCUT2D eigenvalue weighted by atomic mass is 79.9. The Morgan fingerprint density at radius 1 is 1.42 bits per heavy atom. The summed E-state index contributed by atoms with van der Waals surface area (Å²) < 4.78 is 20.3. The molecule has 1 fully saturated rings. The molecule has 0 aromatic heterocycles. The van der Waals surface area contributed by atoms with Gasteiger partial charge in [0.1, 0.15) is 5.82 Å². The van der Waals surface area contributed by atoms with Crippen LogP contribution in [0, 0.1) is 11.7 Å². The third kappa shape index (κ3) is 3.77. The molecule has 0 aliphatic carbocycles. The molecule has 2 nitrogen and oxygen atoms in total. The van der Waals surface area contributed by atoms with Crippen molar-refractivity contribution in [1.29, 1.82) is 0 Å². The predicted molar refractivity (Wildman–Crippen MR) is 78.7 cm³/mol. The van der Waals surface area contributed by atoms with Gasteiger partial charge in [-0.25, -0.2) is 4.39 Å². The van der Waals surface area contributed by atoms with Crippen molar-refractivity contribution in [3.05, 3.63) is 34.1 Å². The standard InChI is InChI=1S/C15H21BrFNO/c1-2-8-18-15(11-6-9-19-10-7-11)12-4-3-5-13(16)14(12)17/h3-5,11,15,18H,2,6-10H2,1H3. The highest BCUT2D eigenvalue weighted by Crippen LogP contribution is 2.33. The molecule has 1 heterocycles. The molecule has 0 spiro atoms. The number of hydrogen-bond acceptors (Lipinski definition) is 2. The molecule has 1 aromatic rings. The van der Waals surface area contributed by atoms with Gasteiger partial charge < -0.3 is 10.1 Å². The van der Waals surface area contributed by atoms with Crippen molar-refractivity contribution in [1.82, 2.24) is 5.32 Å². The largest absolute Gasteiger partial charge is 0.381 e. The van der Waals surface area contributed by atoms with Crippen LogP contribution in [0.3, 0.4) is 0 Å². The number of benzene rings is 1. The summed E-state index contributed by atoms with van der Waals surface area (Å²) in [6, 6.07) is 5.63. The first-order valence-electron chi connectivity index (χ1n) is 6.99. The number of ether oxygens (including phenoxy) is 1. The monoisotopic (exact) mass is 329 g/mol. The van der Waals surface area contributed by atoms with Gasteiger partial charge in [-0.15, -0.1) is 0 Å². The molecular weight excluding hydrogens is 309 g/mol. The van der Waals surface area contributed by atoms with Crippen LogP contribution in [-0.4, -0.2) is 19.8 Å². The summed E-state index contributed by atoms with van der Waals surface area (Å²) in [6.45, 7) is 4.61. The van der Waals surface area contributed by atoms with Gasteiger partial charge in [-0.1, -0.05) is 19.1 Å². The Hall–Kier alpha value is -0.450. The Balaban J connectivity index is 2.22. The zero-order valence-corrected chi connectivity index (χ0v) is 12.9. The van der Waals surface area contributed by atoms with E-state index < -0.39 is 0 Å². The van der Waals surface area contributed by atoms with E-state index in [-0.39, 0.29) is 11.9 Å². The van der Waals surface area contributed by atoms with E-state index in [0.717, 1.165) is 44.6 Å². The molecule has 0 amide bonds. The van der Waals surface area contributed by atoms with Gasteiger partial charge in [0.2, 0.25) is 0 Å². The zero-order chi connectivity index (χ0) is 13.7. The van der Waals surface area contributed by atoms with Gasteiger partial charge >= 0.3 is 0 Å². The first kappa shape index (κ1) is 14.9. The van der Waals surface area contributed by atoms with Crippen molar-refractivity contribution in [3.8, 4) is 0 Å². The van der Waals surface area contributed by atoms with Crippen LogP contribution in [0.4, 0.5) is 4.39 Å². The fraction of sp³-hybridized carbons (Fsp3) is 0.600. The lowest BCUT2D eigenvalue weighted by Crippen LogP contribution is -2.33. The van der Waals surface area contributed by atoms with Crippen LogP contribution in [-0.2, 0) is 4.74 Å². The maximum absolute atomic E-state index is 14.3. The summed E-state index contributed by atoms with van der Waals surface area (Å²) >= 11 is 3.28. The number of nitrogens with one attached hydrogen (secondary N) is 1. The van der Waals surface area contributed by atoms with Crippen LogP contribution in [0.5, 0.6) is 0 Å². The summed E-state index contributed by atoms with van der Waals surface area (Å²) in [6.07, 6.45) is 3.04. The average molecular weight is 330 g/mol. The smallest absolute Gasteiger partial charge is 0.142 e. The minimum atomic E-state index is -0.136. The quantitative estimate of drug-likeness (QED) is 0.879. The van der Waals surface area contributed by atoms with E-state index in [9.17, 15) is 4.39 Å². The minimum absolute atomic E-state index is 0.0846. The molecule has 1 unspecified atom stereocenters. The van der Waals surface area contributed by atoms with Crippen molar-refractivity contribution >= 4 is 15.9 Å². The molecule has 19 heavy (non-hydrogen) atoms. The maximum atomic E-state index is 14.3. The van der Waals surface area contributed by atoms with E-state index in [1.807, 2.05) is 12.1 Å². The SMILES string of the molecule is CCCNC(c1cccc(Br)c1F)C1CCOCC1. The van der Waals surface area contributed by atoms with Gasteiger partial charge in [0.25, 0.3) is 0 Å². The number of halogens is 2. The fourth-order valence-corrected chi connectivity index (χ4v) is 3.02. The Labute approximate surface area is 122 Å². The van der Waals surface area contributed by atoms with Crippen LogP contribution < -0.4 is 5.32 Å². The predicted octanol–water partition coefficient (Wildman–Crippen LogP) is 4.06. The Bertz CT molecular complexity index is 407. The summed E-state index contributed by atoms with van der Waals surface area (Å²) in [5.74, 6) is 0.312. The van der Waals surface area contributed by atoms with E-state index in [2.05, 4.69) is 28.2 Å². The molecule has 1 saturated heterocycles. The highest BCUT2D eigenvalue weighted by molar-refractivity contribution is 9.10. The Morgan fingerprint density at radius 3 is 2.84 bits per heavy atom. The molecule has 1 aliphatic heterocycles. The van der Waals surface area contributed by atoms with E-state index in [1.165, 1.54) is 0 Å². The minimum Gasteiger partial charge on any atom is -0.381 e. The second kappa shape index (κ2) is 7.36. The van der Waals surface area contributed by atoms with E-state index in [0.29, 0.717) is 10.4 Å². The second-order valence-electron chi connectivity index (χ2n) is 5.02. The van der Waals surface area contributed by atoms with Gasteiger partial charge in [-0.3, -0.25) is 0 Å². The highest BCUT2D eigenvalue weighted by Gasteiger charge is 2.27. The lowest BCUT2D eigenvalue weighted by Gasteiger charge is -2.31. The van der Waals surface area contributed by atoms with Crippen molar-refractivity contribution in [2.75, 3.05) is 19.8 Å². The molecule has 2 rings (SSSR count). The van der Waals surface area contributed by atoms with Crippen LogP contribution in [0.2, 0.25) is 0 Å². The van der Waals surface area contributed by atoms with Gasteiger partial charge in [0.15, 0.2) is 0 Å². The summed E-state index contributed by atoms with van der Waals surface area (Å²) in [7, 11) is 0. The van der Waals surface area contributed by atoms with Crippen LogP contribution in [0.1, 0.15) is 37.8 Å². The Morgan fingerprint density at radius 2 is 2.16 bits per heavy atom. The molecule has 1 aromatic carbocycles. The molecule has 1 N–H and O–H groups in total. The second-order valence-corrected chi connectivity index (χ2v) is 5.88. The third-order valence-electron chi connectivity index (χ3n) is 3.67. The molecule has 1 atom stereocenters. The van der Waals surface area contributed by atoms with Gasteiger partial charge in [-0.05, 0) is 53.7 Å². The summed E-state index contributed by atoms with van der Waals surface area (Å²) in [5, 5.41) is 3.51. The molecule has 4 heteroatoms. The van der Waals surface area contributed by atoms with Crippen LogP contribution in [0.15, 0.2) is 22.7 Å². The normalized spacial score (nSPS) is 18.5. The molecular formula is C15H21BrFNO. The van der Waals surface area contributed by atoms with Gasteiger partial charge in [0, 0.05) is 24.8 Å². The van der Waals surface area contributed by atoms with Gasteiger partial charge in [0.05, 0.1) is 4.47 Å². The molecule has 0 saturated carbocycles. The average Bonchev–Trinajstić information content (AvgIpc) is 2.45. The lowest BCUT2D eigenvalue weighted by atomic mass is 9.86. The van der Waals surface area contributed by atoms with Crippen LogP contribution in [0.25, 0.3) is 0 Å². The summed E-state index contributed by atoms with van der Waals surface area (Å²) in [4.78, 5) is 0. The van der Waals surface area contributed by atoms with E-state index in [4.69, 9.17) is 4.74 Å². The number of rotatable bonds is 5. The zero-order valence-electron chi connectivity index (χ0n) is 11.3. The van der Waals surface area contributed by atoms with Crippen molar-refractivity contribution < 1.29 is 9.13 Å². The molecule has 106 valence electrons. The van der Waals surface area contributed by atoms with Crippen molar-refractivity contribution in [2.45, 2.75) is 32.2 Å². The third-order valence-corrected chi connectivity index (χ3v) is 4.28. The number of hydrogen-bond donors (Lipinski definition) is 1. The van der Waals surface area contributed by atoms with E-state index >= 15 is 0 Å².